The molecule has 2 N–H and O–H groups in total. The molecule has 0 radical (unpaired) electrons. The summed E-state index contributed by atoms with van der Waals surface area (Å²) in [7, 11) is 0. The molecule has 0 aliphatic carbocycles. The third-order valence-corrected chi connectivity index (χ3v) is 4.26. The van der Waals surface area contributed by atoms with Crippen LogP contribution in [0.15, 0.2) is 0 Å². The summed E-state index contributed by atoms with van der Waals surface area (Å²) < 4.78 is 0. The summed E-state index contributed by atoms with van der Waals surface area (Å²) in [5.41, 5.74) is 0.0858. The summed E-state index contributed by atoms with van der Waals surface area (Å²) in [6, 6.07) is 0.0745. The highest BCUT2D eigenvalue weighted by Gasteiger charge is 2.27. The number of hydrogen-bond donors (Lipinski definition) is 2. The van der Waals surface area contributed by atoms with Gasteiger partial charge in [-0.05, 0) is 31.1 Å². The maximum atomic E-state index is 12.3. The third kappa shape index (κ3) is 6.24. The summed E-state index contributed by atoms with van der Waals surface area (Å²) in [6.45, 7) is 12.6. The first-order chi connectivity index (χ1) is 10.3. The van der Waals surface area contributed by atoms with Gasteiger partial charge in [0.15, 0.2) is 0 Å². The monoisotopic (exact) mass is 311 g/mol. The molecule has 0 saturated carbocycles. The van der Waals surface area contributed by atoms with Crippen molar-refractivity contribution in [3.05, 3.63) is 0 Å². The van der Waals surface area contributed by atoms with E-state index in [-0.39, 0.29) is 29.3 Å². The largest absolute Gasteiger partial charge is 0.342 e. The lowest BCUT2D eigenvalue weighted by atomic mass is 9.97. The zero-order chi connectivity index (χ0) is 16.8. The molecule has 0 aromatic heterocycles. The van der Waals surface area contributed by atoms with Crippen LogP contribution in [0, 0.1) is 11.3 Å². The van der Waals surface area contributed by atoms with E-state index in [1.165, 1.54) is 0 Å². The van der Waals surface area contributed by atoms with Gasteiger partial charge in [-0.15, -0.1) is 0 Å². The molecule has 1 aliphatic heterocycles. The number of urea groups is 1. The lowest BCUT2D eigenvalue weighted by molar-refractivity contribution is -0.136. The molecule has 0 spiro atoms. The van der Waals surface area contributed by atoms with E-state index in [1.54, 1.807) is 0 Å². The Morgan fingerprint density at radius 1 is 1.14 bits per heavy atom. The van der Waals surface area contributed by atoms with Crippen molar-refractivity contribution in [3.8, 4) is 0 Å². The SMILES string of the molecule is CCC(CC)C(=O)N1CCC(NC(=O)NCC(C)(C)C)CC1. The normalized spacial score (nSPS) is 16.7. The maximum Gasteiger partial charge on any atom is 0.315 e. The Hall–Kier alpha value is -1.26. The van der Waals surface area contributed by atoms with Gasteiger partial charge in [0.2, 0.25) is 5.91 Å². The second-order valence-corrected chi connectivity index (χ2v) is 7.50. The van der Waals surface area contributed by atoms with Gasteiger partial charge in [0, 0.05) is 31.6 Å². The van der Waals surface area contributed by atoms with Gasteiger partial charge in [-0.1, -0.05) is 34.6 Å². The van der Waals surface area contributed by atoms with Crippen molar-refractivity contribution in [3.63, 3.8) is 0 Å². The highest BCUT2D eigenvalue weighted by molar-refractivity contribution is 5.79. The Balaban J connectivity index is 2.33. The molecular formula is C17H33N3O2. The molecule has 0 aromatic carbocycles. The van der Waals surface area contributed by atoms with Crippen LogP contribution in [0.25, 0.3) is 0 Å². The third-order valence-electron chi connectivity index (χ3n) is 4.26. The minimum atomic E-state index is -0.0975. The maximum absolute atomic E-state index is 12.3. The predicted octanol–water partition coefficient (Wildman–Crippen LogP) is 2.76. The quantitative estimate of drug-likeness (QED) is 0.820. The smallest absolute Gasteiger partial charge is 0.315 e. The van der Waals surface area contributed by atoms with Crippen molar-refractivity contribution in [2.75, 3.05) is 19.6 Å². The fourth-order valence-corrected chi connectivity index (χ4v) is 2.72. The minimum absolute atomic E-state index is 0.0858. The van der Waals surface area contributed by atoms with Gasteiger partial charge in [0.25, 0.3) is 0 Å². The molecule has 0 bridgehead atoms. The lowest BCUT2D eigenvalue weighted by Crippen LogP contribution is -2.50. The van der Waals surface area contributed by atoms with Crippen molar-refractivity contribution in [1.29, 1.82) is 0 Å². The number of rotatable bonds is 5. The average molecular weight is 311 g/mol. The molecule has 0 aromatic rings. The summed E-state index contributed by atoms with van der Waals surface area (Å²) in [4.78, 5) is 26.2. The van der Waals surface area contributed by atoms with Crippen LogP contribution in [0.5, 0.6) is 0 Å². The molecule has 1 rings (SSSR count). The number of hydrogen-bond acceptors (Lipinski definition) is 2. The van der Waals surface area contributed by atoms with Crippen molar-refractivity contribution in [1.82, 2.24) is 15.5 Å². The van der Waals surface area contributed by atoms with Gasteiger partial charge in [-0.2, -0.15) is 0 Å². The highest BCUT2D eigenvalue weighted by atomic mass is 16.2. The van der Waals surface area contributed by atoms with Crippen LogP contribution in [-0.4, -0.2) is 42.5 Å². The fraction of sp³-hybridized carbons (Fsp3) is 0.882. The Morgan fingerprint density at radius 3 is 2.14 bits per heavy atom. The molecule has 0 atom stereocenters. The molecule has 1 aliphatic rings. The molecule has 5 heteroatoms. The Labute approximate surface area is 135 Å². The summed E-state index contributed by atoms with van der Waals surface area (Å²) in [6.07, 6.45) is 3.50. The fourth-order valence-electron chi connectivity index (χ4n) is 2.72. The van der Waals surface area contributed by atoms with Crippen LogP contribution in [0.3, 0.4) is 0 Å². The first-order valence-corrected chi connectivity index (χ1v) is 8.60. The first-order valence-electron chi connectivity index (χ1n) is 8.60. The van der Waals surface area contributed by atoms with Gasteiger partial charge in [0.1, 0.15) is 0 Å². The second-order valence-electron chi connectivity index (χ2n) is 7.50. The van der Waals surface area contributed by atoms with Gasteiger partial charge < -0.3 is 15.5 Å². The minimum Gasteiger partial charge on any atom is -0.342 e. The number of carbonyl (C=O) groups excluding carboxylic acids is 2. The van der Waals surface area contributed by atoms with E-state index < -0.39 is 0 Å². The van der Waals surface area contributed by atoms with Crippen LogP contribution in [0.1, 0.15) is 60.3 Å². The number of piperidine rings is 1. The Kier molecular flexibility index (Phi) is 7.17. The zero-order valence-electron chi connectivity index (χ0n) is 14.9. The van der Waals surface area contributed by atoms with E-state index in [2.05, 4.69) is 45.3 Å². The second kappa shape index (κ2) is 8.39. The van der Waals surface area contributed by atoms with E-state index >= 15 is 0 Å². The van der Waals surface area contributed by atoms with Crippen LogP contribution >= 0.6 is 0 Å². The molecule has 1 saturated heterocycles. The van der Waals surface area contributed by atoms with E-state index in [4.69, 9.17) is 0 Å². The van der Waals surface area contributed by atoms with Gasteiger partial charge in [0.05, 0.1) is 0 Å². The summed E-state index contributed by atoms with van der Waals surface area (Å²) in [5, 5.41) is 5.93. The zero-order valence-corrected chi connectivity index (χ0v) is 14.9. The number of nitrogens with zero attached hydrogens (tertiary/aromatic N) is 1. The van der Waals surface area contributed by atoms with E-state index in [1.807, 2.05) is 4.90 Å². The van der Waals surface area contributed by atoms with Crippen molar-refractivity contribution in [2.45, 2.75) is 66.3 Å². The van der Waals surface area contributed by atoms with Crippen LogP contribution in [-0.2, 0) is 4.79 Å². The number of likely N-dealkylation sites (tertiary alicyclic amines) is 1. The van der Waals surface area contributed by atoms with E-state index in [9.17, 15) is 9.59 Å². The molecule has 128 valence electrons. The van der Waals surface area contributed by atoms with E-state index in [0.717, 1.165) is 38.8 Å². The van der Waals surface area contributed by atoms with Crippen LogP contribution in [0.2, 0.25) is 0 Å². The van der Waals surface area contributed by atoms with Gasteiger partial charge >= 0.3 is 6.03 Å². The molecule has 1 fully saturated rings. The van der Waals surface area contributed by atoms with Gasteiger partial charge in [-0.25, -0.2) is 4.79 Å². The molecule has 22 heavy (non-hydrogen) atoms. The van der Waals surface area contributed by atoms with Crippen molar-refractivity contribution < 1.29 is 9.59 Å². The van der Waals surface area contributed by atoms with Crippen LogP contribution < -0.4 is 10.6 Å². The number of nitrogens with one attached hydrogen (secondary N) is 2. The lowest BCUT2D eigenvalue weighted by Gasteiger charge is -2.34. The molecular weight excluding hydrogens is 278 g/mol. The first kappa shape index (κ1) is 18.8. The number of carbonyl (C=O) groups is 2. The molecule has 1 heterocycles. The Bertz CT molecular complexity index is 365. The topological polar surface area (TPSA) is 61.4 Å². The molecule has 5 nitrogen and oxygen atoms in total. The van der Waals surface area contributed by atoms with Crippen molar-refractivity contribution in [2.24, 2.45) is 11.3 Å². The molecule has 3 amide bonds. The van der Waals surface area contributed by atoms with Crippen molar-refractivity contribution >= 4 is 11.9 Å². The molecule has 0 unspecified atom stereocenters. The Morgan fingerprint density at radius 2 is 1.68 bits per heavy atom. The summed E-state index contributed by atoms with van der Waals surface area (Å²) in [5.74, 6) is 0.431. The van der Waals surface area contributed by atoms with E-state index in [0.29, 0.717) is 6.54 Å². The standard InChI is InChI=1S/C17H33N3O2/c1-6-13(7-2)15(21)20-10-8-14(9-11-20)19-16(22)18-12-17(3,4)5/h13-14H,6-12H2,1-5H3,(H2,18,19,22). The summed E-state index contributed by atoms with van der Waals surface area (Å²) >= 11 is 0. The average Bonchev–Trinajstić information content (AvgIpc) is 2.46. The number of amides is 3. The van der Waals surface area contributed by atoms with Gasteiger partial charge in [-0.3, -0.25) is 4.79 Å². The predicted molar refractivity (Wildman–Crippen MR) is 89.7 cm³/mol. The highest BCUT2D eigenvalue weighted by Crippen LogP contribution is 2.17. The van der Waals surface area contributed by atoms with Crippen LogP contribution in [0.4, 0.5) is 4.79 Å².